The molecule has 20 heavy (non-hydrogen) atoms. The highest BCUT2D eigenvalue weighted by molar-refractivity contribution is 6.06. The fourth-order valence-corrected chi connectivity index (χ4v) is 2.55. The van der Waals surface area contributed by atoms with E-state index in [-0.39, 0.29) is 17.8 Å². The van der Waals surface area contributed by atoms with Crippen molar-refractivity contribution in [2.24, 2.45) is 0 Å². The maximum atomic E-state index is 12.0. The first-order chi connectivity index (χ1) is 9.31. The van der Waals surface area contributed by atoms with Crippen LogP contribution in [0.25, 0.3) is 0 Å². The summed E-state index contributed by atoms with van der Waals surface area (Å²) < 4.78 is 0. The number of nitrogens with zero attached hydrogens (tertiary/aromatic N) is 3. The van der Waals surface area contributed by atoms with Crippen molar-refractivity contribution < 1.29 is 14.4 Å². The quantitative estimate of drug-likeness (QED) is 0.707. The topological polar surface area (TPSA) is 73.0 Å². The number of carbonyl (C=O) groups excluding carboxylic acids is 3. The summed E-state index contributed by atoms with van der Waals surface area (Å²) in [4.78, 5) is 40.3. The number of urea groups is 1. The molecule has 0 aromatic heterocycles. The fraction of sp³-hybridized carbons (Fsp3) is 0.769. The zero-order valence-corrected chi connectivity index (χ0v) is 12.3. The summed E-state index contributed by atoms with van der Waals surface area (Å²) >= 11 is 0. The van der Waals surface area contributed by atoms with E-state index in [0.29, 0.717) is 26.2 Å². The third kappa shape index (κ3) is 2.92. The summed E-state index contributed by atoms with van der Waals surface area (Å²) in [7, 11) is 0. The molecule has 0 aromatic carbocycles. The Bertz CT molecular complexity index is 427. The highest BCUT2D eigenvalue weighted by Crippen LogP contribution is 2.16. The van der Waals surface area contributed by atoms with Gasteiger partial charge < -0.3 is 10.2 Å². The van der Waals surface area contributed by atoms with Crippen LogP contribution in [0.2, 0.25) is 0 Å². The first kappa shape index (κ1) is 14.8. The van der Waals surface area contributed by atoms with Gasteiger partial charge in [0.05, 0.1) is 0 Å². The molecule has 7 nitrogen and oxygen atoms in total. The third-order valence-corrected chi connectivity index (χ3v) is 3.90. The minimum absolute atomic E-state index is 0.0977. The predicted molar refractivity (Wildman–Crippen MR) is 73.0 cm³/mol. The van der Waals surface area contributed by atoms with Crippen LogP contribution < -0.4 is 5.32 Å². The Hall–Kier alpha value is -1.63. The molecule has 7 heteroatoms. The van der Waals surface area contributed by atoms with Crippen LogP contribution in [0.4, 0.5) is 4.79 Å². The van der Waals surface area contributed by atoms with Crippen molar-refractivity contribution in [1.82, 2.24) is 20.0 Å². The van der Waals surface area contributed by atoms with Gasteiger partial charge in [0.2, 0.25) is 5.91 Å². The van der Waals surface area contributed by atoms with E-state index in [1.165, 1.54) is 4.90 Å². The van der Waals surface area contributed by atoms with Gasteiger partial charge in [0.25, 0.3) is 5.91 Å². The molecule has 2 heterocycles. The van der Waals surface area contributed by atoms with Crippen molar-refractivity contribution in [2.45, 2.75) is 26.3 Å². The molecule has 0 aromatic rings. The Labute approximate surface area is 118 Å². The van der Waals surface area contributed by atoms with Gasteiger partial charge in [-0.3, -0.25) is 19.4 Å². The van der Waals surface area contributed by atoms with Gasteiger partial charge in [0, 0.05) is 46.2 Å². The normalized spacial score (nSPS) is 23.1. The van der Waals surface area contributed by atoms with Gasteiger partial charge in [-0.2, -0.15) is 0 Å². The summed E-state index contributed by atoms with van der Waals surface area (Å²) in [6.45, 7) is 9.03. The van der Waals surface area contributed by atoms with Crippen molar-refractivity contribution >= 4 is 17.8 Å². The van der Waals surface area contributed by atoms with Gasteiger partial charge in [-0.25, -0.2) is 4.79 Å². The minimum atomic E-state index is -0.801. The van der Waals surface area contributed by atoms with Crippen LogP contribution >= 0.6 is 0 Å². The molecule has 2 aliphatic heterocycles. The zero-order chi connectivity index (χ0) is 14.9. The largest absolute Gasteiger partial charge is 0.340 e. The van der Waals surface area contributed by atoms with Crippen LogP contribution in [0.15, 0.2) is 0 Å². The molecule has 2 saturated heterocycles. The molecule has 1 N–H and O–H groups in total. The Kier molecular flexibility index (Phi) is 3.99. The van der Waals surface area contributed by atoms with E-state index < -0.39 is 5.54 Å². The molecular weight excluding hydrogens is 260 g/mol. The summed E-state index contributed by atoms with van der Waals surface area (Å²) in [5, 5.41) is 2.67. The molecule has 0 spiro atoms. The van der Waals surface area contributed by atoms with Crippen LogP contribution in [0, 0.1) is 0 Å². The first-order valence-corrected chi connectivity index (χ1v) is 6.93. The molecule has 2 aliphatic rings. The van der Waals surface area contributed by atoms with Gasteiger partial charge in [0.15, 0.2) is 0 Å². The number of carbonyl (C=O) groups is 3. The molecule has 0 unspecified atom stereocenters. The molecule has 2 rings (SSSR count). The Morgan fingerprint density at radius 3 is 2.20 bits per heavy atom. The van der Waals surface area contributed by atoms with Crippen molar-refractivity contribution in [2.75, 3.05) is 39.3 Å². The predicted octanol–water partition coefficient (Wildman–Crippen LogP) is -0.519. The number of hydrogen-bond acceptors (Lipinski definition) is 4. The van der Waals surface area contributed by atoms with Crippen LogP contribution in [0.3, 0.4) is 0 Å². The average molecular weight is 282 g/mol. The number of hydrogen-bond donors (Lipinski definition) is 1. The lowest BCUT2D eigenvalue weighted by atomic mass is 10.1. The second kappa shape index (κ2) is 5.40. The number of piperazine rings is 1. The molecule has 2 fully saturated rings. The molecule has 0 atom stereocenters. The first-order valence-electron chi connectivity index (χ1n) is 6.93. The summed E-state index contributed by atoms with van der Waals surface area (Å²) in [5.74, 6) is -0.0784. The van der Waals surface area contributed by atoms with Crippen molar-refractivity contribution in [3.05, 3.63) is 0 Å². The van der Waals surface area contributed by atoms with Crippen LogP contribution in [0.5, 0.6) is 0 Å². The van der Waals surface area contributed by atoms with E-state index in [4.69, 9.17) is 0 Å². The number of rotatable bonds is 3. The van der Waals surface area contributed by atoms with E-state index in [2.05, 4.69) is 10.2 Å². The van der Waals surface area contributed by atoms with E-state index >= 15 is 0 Å². The maximum Gasteiger partial charge on any atom is 0.325 e. The molecule has 0 saturated carbocycles. The highest BCUT2D eigenvalue weighted by Gasteiger charge is 2.43. The number of amides is 4. The van der Waals surface area contributed by atoms with Gasteiger partial charge in [-0.1, -0.05) is 0 Å². The lowest BCUT2D eigenvalue weighted by molar-refractivity contribution is -0.130. The Morgan fingerprint density at radius 1 is 1.15 bits per heavy atom. The van der Waals surface area contributed by atoms with Crippen molar-refractivity contribution in [3.8, 4) is 0 Å². The second-order valence-corrected chi connectivity index (χ2v) is 5.86. The third-order valence-electron chi connectivity index (χ3n) is 3.90. The van der Waals surface area contributed by atoms with Gasteiger partial charge >= 0.3 is 6.03 Å². The van der Waals surface area contributed by atoms with Crippen LogP contribution in [0.1, 0.15) is 20.8 Å². The van der Waals surface area contributed by atoms with Crippen molar-refractivity contribution in [3.63, 3.8) is 0 Å². The van der Waals surface area contributed by atoms with Crippen LogP contribution in [-0.2, 0) is 9.59 Å². The highest BCUT2D eigenvalue weighted by atomic mass is 16.2. The standard InChI is InChI=1S/C13H22N4O3/c1-10(18)16-7-4-15(5-8-16)6-9-17-11(19)13(2,3)14-12(17)20/h4-9H2,1-3H3,(H,14,20). The zero-order valence-electron chi connectivity index (χ0n) is 12.3. The monoisotopic (exact) mass is 282 g/mol. The summed E-state index contributed by atoms with van der Waals surface area (Å²) in [5.41, 5.74) is -0.801. The fourth-order valence-electron chi connectivity index (χ4n) is 2.55. The smallest absolute Gasteiger partial charge is 0.325 e. The minimum Gasteiger partial charge on any atom is -0.340 e. The Balaban J connectivity index is 1.81. The second-order valence-electron chi connectivity index (χ2n) is 5.86. The van der Waals surface area contributed by atoms with E-state index in [1.807, 2.05) is 4.90 Å². The lowest BCUT2D eigenvalue weighted by Crippen LogP contribution is -2.50. The van der Waals surface area contributed by atoms with E-state index in [0.717, 1.165) is 13.1 Å². The Morgan fingerprint density at radius 2 is 1.75 bits per heavy atom. The molecule has 0 bridgehead atoms. The van der Waals surface area contributed by atoms with Gasteiger partial charge in [-0.05, 0) is 13.8 Å². The molecular formula is C13H22N4O3. The summed E-state index contributed by atoms with van der Waals surface area (Å²) in [6.07, 6.45) is 0. The maximum absolute atomic E-state index is 12.0. The molecule has 0 aliphatic carbocycles. The molecule has 0 radical (unpaired) electrons. The average Bonchev–Trinajstić information content (AvgIpc) is 2.57. The SMILES string of the molecule is CC(=O)N1CCN(CCN2C(=O)NC(C)(C)C2=O)CC1. The molecule has 4 amide bonds. The van der Waals surface area contributed by atoms with Crippen LogP contribution in [-0.4, -0.2) is 77.4 Å². The van der Waals surface area contributed by atoms with Gasteiger partial charge in [-0.15, -0.1) is 0 Å². The van der Waals surface area contributed by atoms with E-state index in [1.54, 1.807) is 20.8 Å². The van der Waals surface area contributed by atoms with Gasteiger partial charge in [0.1, 0.15) is 5.54 Å². The lowest BCUT2D eigenvalue weighted by Gasteiger charge is -2.34. The van der Waals surface area contributed by atoms with Crippen molar-refractivity contribution in [1.29, 1.82) is 0 Å². The van der Waals surface area contributed by atoms with E-state index in [9.17, 15) is 14.4 Å². The summed E-state index contributed by atoms with van der Waals surface area (Å²) in [6, 6.07) is -0.317. The number of imide groups is 1. The number of nitrogens with one attached hydrogen (secondary N) is 1. The molecule has 112 valence electrons.